The molecule has 92 heavy (non-hydrogen) atoms. The van der Waals surface area contributed by atoms with Crippen LogP contribution in [-0.4, -0.2) is 74.9 Å². The van der Waals surface area contributed by atoms with Gasteiger partial charge in [-0.15, -0.1) is 0 Å². The molecule has 9 nitrogen and oxygen atoms in total. The lowest BCUT2D eigenvalue weighted by Gasteiger charge is -2.24. The van der Waals surface area contributed by atoms with Crippen LogP contribution in [0.5, 0.6) is 0 Å². The molecule has 0 saturated carbocycles. The number of phosphoric acid groups is 1. The van der Waals surface area contributed by atoms with Crippen molar-refractivity contribution in [2.45, 2.75) is 367 Å². The third-order valence-electron chi connectivity index (χ3n) is 17.1. The van der Waals surface area contributed by atoms with Crippen molar-refractivity contribution in [2.75, 3.05) is 47.5 Å². The number of likely N-dealkylation sites (N-methyl/N-ethyl adjacent to an activating group) is 1. The highest BCUT2D eigenvalue weighted by Gasteiger charge is 2.27. The molecular weight excluding hydrogens is 1160 g/mol. The second-order valence-electron chi connectivity index (χ2n) is 27.4. The smallest absolute Gasteiger partial charge is 0.462 e. The van der Waals surface area contributed by atoms with Crippen molar-refractivity contribution in [1.29, 1.82) is 0 Å². The maximum absolute atomic E-state index is 12.9. The zero-order valence-corrected chi connectivity index (χ0v) is 61.9. The number of carbonyl (C=O) groups is 2. The number of carbonyl (C=O) groups excluding carboxylic acids is 2. The molecule has 0 aliphatic rings. The fraction of sp³-hybridized carbons (Fsp3) is 0.780. The molecule has 0 aromatic heterocycles. The van der Waals surface area contributed by atoms with Crippen molar-refractivity contribution in [3.8, 4) is 0 Å². The van der Waals surface area contributed by atoms with Gasteiger partial charge in [-0.1, -0.05) is 349 Å². The molecule has 1 N–H and O–H groups in total. The number of hydrogen-bond donors (Lipinski definition) is 1. The number of rotatable bonds is 72. The van der Waals surface area contributed by atoms with E-state index in [0.717, 1.165) is 77.0 Å². The van der Waals surface area contributed by atoms with Crippen molar-refractivity contribution in [2.24, 2.45) is 0 Å². The second-order valence-corrected chi connectivity index (χ2v) is 28.8. The average Bonchev–Trinajstić information content (AvgIpc) is 2.14. The highest BCUT2D eigenvalue weighted by Crippen LogP contribution is 2.43. The van der Waals surface area contributed by atoms with Crippen LogP contribution in [-0.2, 0) is 32.7 Å². The number of hydrogen-bond acceptors (Lipinski definition) is 7. The summed E-state index contributed by atoms with van der Waals surface area (Å²) in [7, 11) is 1.49. The molecule has 0 aromatic rings. The van der Waals surface area contributed by atoms with Crippen molar-refractivity contribution >= 4 is 19.8 Å². The summed E-state index contributed by atoms with van der Waals surface area (Å²) in [6.45, 7) is 4.36. The number of allylic oxidation sites excluding steroid dienone is 16. The summed E-state index contributed by atoms with van der Waals surface area (Å²) < 4.78 is 34.8. The normalized spacial score (nSPS) is 13.6. The van der Waals surface area contributed by atoms with Gasteiger partial charge in [-0.3, -0.25) is 18.6 Å². The van der Waals surface area contributed by atoms with Gasteiger partial charge in [-0.25, -0.2) is 4.57 Å². The topological polar surface area (TPSA) is 108 Å². The number of quaternary nitrogens is 1. The molecule has 2 unspecified atom stereocenters. The van der Waals surface area contributed by atoms with Gasteiger partial charge in [0.1, 0.15) is 19.8 Å². The number of esters is 2. The van der Waals surface area contributed by atoms with Crippen molar-refractivity contribution in [3.05, 3.63) is 97.2 Å². The Morgan fingerprint density at radius 3 is 0.924 bits per heavy atom. The Hall–Kier alpha value is -3.07. The maximum Gasteiger partial charge on any atom is 0.472 e. The van der Waals surface area contributed by atoms with Crippen molar-refractivity contribution in [3.63, 3.8) is 0 Å². The molecule has 0 bridgehead atoms. The average molecular weight is 1310 g/mol. The summed E-state index contributed by atoms with van der Waals surface area (Å²) in [5, 5.41) is 0. The minimum atomic E-state index is -4.40. The van der Waals surface area contributed by atoms with Crippen LogP contribution in [0.2, 0.25) is 0 Å². The van der Waals surface area contributed by atoms with E-state index >= 15 is 0 Å². The van der Waals surface area contributed by atoms with E-state index < -0.39 is 26.5 Å². The first-order valence-corrected chi connectivity index (χ1v) is 40.5. The zero-order valence-electron chi connectivity index (χ0n) is 61.0. The Morgan fingerprint density at radius 1 is 0.348 bits per heavy atom. The predicted octanol–water partition coefficient (Wildman–Crippen LogP) is 25.8. The molecule has 0 spiro atoms. The Kier molecular flexibility index (Phi) is 69.8. The van der Waals surface area contributed by atoms with Crippen LogP contribution in [0, 0.1) is 0 Å². The molecule has 2 atom stereocenters. The van der Waals surface area contributed by atoms with E-state index in [0.29, 0.717) is 17.4 Å². The number of ether oxygens (including phenoxy) is 2. The van der Waals surface area contributed by atoms with Crippen LogP contribution in [0.3, 0.4) is 0 Å². The Bertz CT molecular complexity index is 1880. The molecule has 0 aliphatic heterocycles. The van der Waals surface area contributed by atoms with Crippen molar-refractivity contribution in [1.82, 2.24) is 0 Å². The van der Waals surface area contributed by atoms with E-state index in [9.17, 15) is 19.0 Å². The van der Waals surface area contributed by atoms with Gasteiger partial charge in [0, 0.05) is 12.8 Å². The van der Waals surface area contributed by atoms with E-state index in [-0.39, 0.29) is 32.0 Å². The van der Waals surface area contributed by atoms with E-state index in [2.05, 4.69) is 111 Å². The lowest BCUT2D eigenvalue weighted by Crippen LogP contribution is -2.37. The van der Waals surface area contributed by atoms with Gasteiger partial charge in [-0.05, 0) is 96.3 Å². The largest absolute Gasteiger partial charge is 0.472 e. The summed E-state index contributed by atoms with van der Waals surface area (Å²) in [6.07, 6.45) is 101. The monoisotopic (exact) mass is 1310 g/mol. The third-order valence-corrected chi connectivity index (χ3v) is 18.1. The highest BCUT2D eigenvalue weighted by atomic mass is 31.2. The van der Waals surface area contributed by atoms with Gasteiger partial charge >= 0.3 is 19.8 Å². The van der Waals surface area contributed by atoms with Gasteiger partial charge in [-0.2, -0.15) is 0 Å². The van der Waals surface area contributed by atoms with Crippen LogP contribution < -0.4 is 0 Å². The highest BCUT2D eigenvalue weighted by molar-refractivity contribution is 7.47. The van der Waals surface area contributed by atoms with Crippen LogP contribution >= 0.6 is 7.82 Å². The molecule has 0 saturated heterocycles. The van der Waals surface area contributed by atoms with E-state index in [1.54, 1.807) is 0 Å². The second kappa shape index (κ2) is 72.2. The Morgan fingerprint density at radius 2 is 0.620 bits per heavy atom. The summed E-state index contributed by atoms with van der Waals surface area (Å²) in [5.41, 5.74) is 0. The molecular formula is C82H149NO8P+. The van der Waals surface area contributed by atoms with Crippen molar-refractivity contribution < 1.29 is 42.1 Å². The van der Waals surface area contributed by atoms with E-state index in [1.807, 2.05) is 21.1 Å². The standard InChI is InChI=1S/C82H148NO8P/c1-6-8-10-12-14-16-18-20-22-24-26-28-30-32-34-36-38-40-41-43-45-47-49-51-53-55-57-59-61-63-65-67-69-71-73-75-82(85)91-80(79-90-92(86,87)89-77-76-83(3,4)5)78-88-81(84)74-72-70-68-66-64-62-60-58-56-54-52-50-48-46-44-42-39-37-35-33-31-29-27-25-23-21-19-17-15-13-11-9-7-2/h8,10,14,16,19-22,25-28,31-34,80H,6-7,9,11-13,15,17-18,23-24,29-30,35-79H2,1-5H3/p+1/b10-8-,16-14-,21-19-,22-20-,27-25-,28-26-,33-31-,34-32-. The minimum Gasteiger partial charge on any atom is -0.462 e. The van der Waals surface area contributed by atoms with Gasteiger partial charge in [0.2, 0.25) is 0 Å². The molecule has 0 radical (unpaired) electrons. The summed E-state index contributed by atoms with van der Waals surface area (Å²) in [5.74, 6) is -0.782. The zero-order chi connectivity index (χ0) is 66.9. The third kappa shape index (κ3) is 76.0. The van der Waals surface area contributed by atoms with E-state index in [1.165, 1.54) is 250 Å². The van der Waals surface area contributed by atoms with Gasteiger partial charge in [0.25, 0.3) is 0 Å². The van der Waals surface area contributed by atoms with Crippen LogP contribution in [0.15, 0.2) is 97.2 Å². The van der Waals surface area contributed by atoms with E-state index in [4.69, 9.17) is 18.5 Å². The van der Waals surface area contributed by atoms with Crippen LogP contribution in [0.1, 0.15) is 361 Å². The minimum absolute atomic E-state index is 0.0313. The Balaban J connectivity index is 3.96. The number of nitrogens with zero attached hydrogens (tertiary/aromatic N) is 1. The SMILES string of the molecule is CC/C=C\C/C=C\C/C=C\C/C=C\C/C=C\CCCCCCCCCCCCCCCCCCCCCC(=O)OC(COC(=O)CCCCCCCCCCCCCCCCCCCC/C=C\C/C=C\C/C=C\CCCCCCC)COP(=O)(O)OCC[N+](C)(C)C. The molecule has 0 fully saturated rings. The molecule has 534 valence electrons. The number of unbranched alkanes of at least 4 members (excludes halogenated alkanes) is 42. The molecule has 0 aliphatic carbocycles. The first-order valence-electron chi connectivity index (χ1n) is 39.0. The lowest BCUT2D eigenvalue weighted by atomic mass is 10.0. The lowest BCUT2D eigenvalue weighted by molar-refractivity contribution is -0.870. The summed E-state index contributed by atoms with van der Waals surface area (Å²) in [6, 6.07) is 0. The predicted molar refractivity (Wildman–Crippen MR) is 399 cm³/mol. The molecule has 0 rings (SSSR count). The van der Waals surface area contributed by atoms with Crippen LogP contribution in [0.25, 0.3) is 0 Å². The quantitative estimate of drug-likeness (QED) is 0.0211. The molecule has 0 aromatic carbocycles. The fourth-order valence-corrected chi connectivity index (χ4v) is 11.9. The Labute approximate surface area is 570 Å². The van der Waals surface area contributed by atoms with Crippen LogP contribution in [0.4, 0.5) is 0 Å². The first-order chi connectivity index (χ1) is 45.0. The summed E-state index contributed by atoms with van der Waals surface area (Å²) in [4.78, 5) is 36.0. The van der Waals surface area contributed by atoms with Gasteiger partial charge < -0.3 is 18.9 Å². The number of phosphoric ester groups is 1. The molecule has 0 amide bonds. The molecule has 0 heterocycles. The van der Waals surface area contributed by atoms with Gasteiger partial charge in [0.05, 0.1) is 27.7 Å². The van der Waals surface area contributed by atoms with Gasteiger partial charge in [0.15, 0.2) is 6.10 Å². The first kappa shape index (κ1) is 88.9. The fourth-order valence-electron chi connectivity index (χ4n) is 11.2. The summed E-state index contributed by atoms with van der Waals surface area (Å²) >= 11 is 0. The maximum atomic E-state index is 12.9. The molecule has 10 heteroatoms.